The Morgan fingerprint density at radius 3 is 2.52 bits per heavy atom. The summed E-state index contributed by atoms with van der Waals surface area (Å²) in [6, 6.07) is 13.5. The molecule has 0 atom stereocenters. The van der Waals surface area contributed by atoms with Crippen LogP contribution in [0.2, 0.25) is 5.02 Å². The van der Waals surface area contributed by atoms with Gasteiger partial charge in [-0.1, -0.05) is 47.5 Å². The monoisotopic (exact) mass is 382 g/mol. The maximum Gasteiger partial charge on any atom is 0.236 e. The number of aromatic nitrogens is 2. The van der Waals surface area contributed by atoms with E-state index in [1.54, 1.807) is 19.4 Å². The Hall–Kier alpha value is -3.12. The number of halogens is 1. The molecule has 7 heteroatoms. The summed E-state index contributed by atoms with van der Waals surface area (Å²) >= 11 is 6.28. The van der Waals surface area contributed by atoms with E-state index < -0.39 is 5.91 Å². The van der Waals surface area contributed by atoms with Gasteiger partial charge in [0, 0.05) is 17.3 Å². The van der Waals surface area contributed by atoms with E-state index in [-0.39, 0.29) is 6.54 Å². The first kappa shape index (κ1) is 18.7. The van der Waals surface area contributed by atoms with E-state index in [9.17, 15) is 4.79 Å². The Bertz CT molecular complexity index is 974. The van der Waals surface area contributed by atoms with Gasteiger partial charge in [0.25, 0.3) is 0 Å². The zero-order valence-corrected chi connectivity index (χ0v) is 15.7. The van der Waals surface area contributed by atoms with Gasteiger partial charge < -0.3 is 15.8 Å². The van der Waals surface area contributed by atoms with Crippen molar-refractivity contribution in [3.63, 3.8) is 0 Å². The van der Waals surface area contributed by atoms with Gasteiger partial charge >= 0.3 is 0 Å². The molecule has 3 N–H and O–H groups in total. The molecule has 1 heterocycles. The summed E-state index contributed by atoms with van der Waals surface area (Å²) in [4.78, 5) is 19.9. The number of ether oxygens (including phenoxy) is 1. The first-order valence-corrected chi connectivity index (χ1v) is 8.66. The van der Waals surface area contributed by atoms with Crippen molar-refractivity contribution in [3.05, 3.63) is 59.2 Å². The molecule has 0 spiro atoms. The van der Waals surface area contributed by atoms with Crippen molar-refractivity contribution in [2.45, 2.75) is 6.92 Å². The molecule has 1 aromatic heterocycles. The second-order valence-corrected chi connectivity index (χ2v) is 6.40. The molecule has 0 aliphatic heterocycles. The lowest BCUT2D eigenvalue weighted by Crippen LogP contribution is -2.22. The number of nitrogens with one attached hydrogen (secondary N) is 1. The highest BCUT2D eigenvalue weighted by Gasteiger charge is 2.14. The Morgan fingerprint density at radius 2 is 1.89 bits per heavy atom. The third kappa shape index (κ3) is 4.35. The van der Waals surface area contributed by atoms with Crippen LogP contribution in [0, 0.1) is 6.92 Å². The number of hydrogen-bond donors (Lipinski definition) is 2. The van der Waals surface area contributed by atoms with Gasteiger partial charge in [-0.05, 0) is 24.6 Å². The summed E-state index contributed by atoms with van der Waals surface area (Å²) in [5.41, 5.74) is 9.65. The number of benzene rings is 2. The highest BCUT2D eigenvalue weighted by molar-refractivity contribution is 6.32. The van der Waals surface area contributed by atoms with Gasteiger partial charge in [-0.15, -0.1) is 0 Å². The molecule has 138 valence electrons. The van der Waals surface area contributed by atoms with E-state index in [0.717, 1.165) is 27.9 Å². The van der Waals surface area contributed by atoms with E-state index in [0.29, 0.717) is 16.7 Å². The number of nitrogens with zero attached hydrogens (tertiary/aromatic N) is 2. The van der Waals surface area contributed by atoms with E-state index >= 15 is 0 Å². The normalized spacial score (nSPS) is 10.5. The quantitative estimate of drug-likeness (QED) is 0.678. The van der Waals surface area contributed by atoms with E-state index in [2.05, 4.69) is 15.3 Å². The van der Waals surface area contributed by atoms with Gasteiger partial charge in [0.1, 0.15) is 5.75 Å². The smallest absolute Gasteiger partial charge is 0.236 e. The first-order chi connectivity index (χ1) is 13.0. The van der Waals surface area contributed by atoms with Crippen molar-refractivity contribution in [1.82, 2.24) is 9.97 Å². The van der Waals surface area contributed by atoms with Crippen LogP contribution in [0.3, 0.4) is 0 Å². The zero-order chi connectivity index (χ0) is 19.4. The number of primary amides is 1. The summed E-state index contributed by atoms with van der Waals surface area (Å²) < 4.78 is 5.22. The molecule has 1 amide bonds. The summed E-state index contributed by atoms with van der Waals surface area (Å²) in [6.45, 7) is 1.98. The molecule has 0 fully saturated rings. The molecule has 0 bridgehead atoms. The summed E-state index contributed by atoms with van der Waals surface area (Å²) in [7, 11) is 1.57. The first-order valence-electron chi connectivity index (χ1n) is 8.28. The maximum atomic E-state index is 11.0. The van der Waals surface area contributed by atoms with Crippen LogP contribution < -0.4 is 15.8 Å². The van der Waals surface area contributed by atoms with Crippen molar-refractivity contribution in [3.8, 4) is 28.1 Å². The van der Waals surface area contributed by atoms with Crippen LogP contribution in [-0.2, 0) is 4.79 Å². The predicted octanol–water partition coefficient (Wildman–Crippen LogP) is 3.68. The van der Waals surface area contributed by atoms with Crippen LogP contribution in [0.5, 0.6) is 5.75 Å². The second kappa shape index (κ2) is 8.05. The van der Waals surface area contributed by atoms with Crippen LogP contribution in [0.25, 0.3) is 22.4 Å². The number of amides is 1. The highest BCUT2D eigenvalue weighted by Crippen LogP contribution is 2.35. The van der Waals surface area contributed by atoms with E-state index in [4.69, 9.17) is 22.1 Å². The van der Waals surface area contributed by atoms with E-state index in [1.807, 2.05) is 43.3 Å². The van der Waals surface area contributed by atoms with E-state index in [1.165, 1.54) is 0 Å². The fourth-order valence-corrected chi connectivity index (χ4v) is 2.87. The SMILES string of the molecule is COc1ccc(-c2cnc(NCC(N)=O)nc2-c2ccc(C)cc2)cc1Cl. The topological polar surface area (TPSA) is 90.1 Å². The van der Waals surface area contributed by atoms with Gasteiger partial charge in [0.15, 0.2) is 0 Å². The van der Waals surface area contributed by atoms with Crippen molar-refractivity contribution < 1.29 is 9.53 Å². The lowest BCUT2D eigenvalue weighted by Gasteiger charge is -2.13. The van der Waals surface area contributed by atoms with Crippen molar-refractivity contribution >= 4 is 23.5 Å². The third-order valence-electron chi connectivity index (χ3n) is 4.00. The average Bonchev–Trinajstić information content (AvgIpc) is 2.66. The van der Waals surface area contributed by atoms with Crippen LogP contribution in [0.4, 0.5) is 5.95 Å². The molecule has 0 aliphatic carbocycles. The molecule has 6 nitrogen and oxygen atoms in total. The van der Waals surface area contributed by atoms with Crippen LogP contribution in [0.15, 0.2) is 48.7 Å². The number of anilines is 1. The fourth-order valence-electron chi connectivity index (χ4n) is 2.61. The van der Waals surface area contributed by atoms with Gasteiger partial charge in [-0.2, -0.15) is 0 Å². The number of rotatable bonds is 6. The maximum absolute atomic E-state index is 11.0. The molecule has 2 aromatic carbocycles. The fraction of sp³-hybridized carbons (Fsp3) is 0.150. The highest BCUT2D eigenvalue weighted by atomic mass is 35.5. The van der Waals surface area contributed by atoms with Gasteiger partial charge in [-0.3, -0.25) is 4.79 Å². The molecule has 0 aliphatic rings. The number of methoxy groups -OCH3 is 1. The number of hydrogen-bond acceptors (Lipinski definition) is 5. The molecule has 27 heavy (non-hydrogen) atoms. The third-order valence-corrected chi connectivity index (χ3v) is 4.29. The molecular formula is C20H19ClN4O2. The Labute approximate surface area is 162 Å². The summed E-state index contributed by atoms with van der Waals surface area (Å²) in [5, 5.41) is 3.33. The molecule has 3 rings (SSSR count). The Balaban J connectivity index is 2.10. The minimum atomic E-state index is -0.485. The second-order valence-electron chi connectivity index (χ2n) is 5.99. The minimum Gasteiger partial charge on any atom is -0.495 e. The molecule has 0 radical (unpaired) electrons. The molecule has 3 aromatic rings. The van der Waals surface area contributed by atoms with Gasteiger partial charge in [-0.25, -0.2) is 9.97 Å². The number of carbonyl (C=O) groups is 1. The standard InChI is InChI=1S/C20H19ClN4O2/c1-12-3-5-13(6-4-12)19-15(10-23-20(25-19)24-11-18(22)26)14-7-8-17(27-2)16(21)9-14/h3-10H,11H2,1-2H3,(H2,22,26)(H,23,24,25). The van der Waals surface area contributed by atoms with Crippen LogP contribution in [-0.4, -0.2) is 29.5 Å². The largest absolute Gasteiger partial charge is 0.495 e. The molecule has 0 saturated carbocycles. The van der Waals surface area contributed by atoms with Crippen molar-refractivity contribution in [1.29, 1.82) is 0 Å². The Morgan fingerprint density at radius 1 is 1.19 bits per heavy atom. The van der Waals surface area contributed by atoms with Gasteiger partial charge in [0.2, 0.25) is 11.9 Å². The van der Waals surface area contributed by atoms with Crippen LogP contribution in [0.1, 0.15) is 5.56 Å². The van der Waals surface area contributed by atoms with Crippen molar-refractivity contribution in [2.24, 2.45) is 5.73 Å². The number of carbonyl (C=O) groups excluding carboxylic acids is 1. The van der Waals surface area contributed by atoms with Gasteiger partial charge in [0.05, 0.1) is 24.4 Å². The lowest BCUT2D eigenvalue weighted by atomic mass is 10.00. The number of aryl methyl sites for hydroxylation is 1. The molecule has 0 unspecified atom stereocenters. The average molecular weight is 383 g/mol. The summed E-state index contributed by atoms with van der Waals surface area (Å²) in [6.07, 6.45) is 1.70. The van der Waals surface area contributed by atoms with Crippen molar-refractivity contribution in [2.75, 3.05) is 19.0 Å². The van der Waals surface area contributed by atoms with Crippen LogP contribution >= 0.6 is 11.6 Å². The lowest BCUT2D eigenvalue weighted by molar-refractivity contribution is -0.116. The zero-order valence-electron chi connectivity index (χ0n) is 15.0. The Kier molecular flexibility index (Phi) is 5.57. The molecular weight excluding hydrogens is 364 g/mol. The number of nitrogens with two attached hydrogens (primary N) is 1. The minimum absolute atomic E-state index is 0.0406. The predicted molar refractivity (Wildman–Crippen MR) is 107 cm³/mol. The molecule has 0 saturated heterocycles. The summed E-state index contributed by atoms with van der Waals surface area (Å²) in [5.74, 6) is 0.437.